The van der Waals surface area contributed by atoms with Crippen LogP contribution in [0.4, 0.5) is 0 Å². The molecule has 0 spiro atoms. The van der Waals surface area contributed by atoms with Gasteiger partial charge in [0.2, 0.25) is 0 Å². The molecule has 1 aliphatic rings. The first-order valence-corrected chi connectivity index (χ1v) is 8.57. The van der Waals surface area contributed by atoms with E-state index in [1.165, 1.54) is 17.3 Å². The number of oxime groups is 1. The highest BCUT2D eigenvalue weighted by Gasteiger charge is 2.18. The minimum Gasteiger partial charge on any atom is -0.391 e. The monoisotopic (exact) mass is 369 g/mol. The van der Waals surface area contributed by atoms with Crippen molar-refractivity contribution in [1.29, 1.82) is 0 Å². The molecule has 0 saturated heterocycles. The third-order valence-electron chi connectivity index (χ3n) is 4.39. The maximum atomic E-state index is 12.1. The molecule has 2 aromatic carbocycles. The van der Waals surface area contributed by atoms with E-state index in [2.05, 4.69) is 21.6 Å². The lowest BCUT2D eigenvalue weighted by molar-refractivity contribution is 0.130. The van der Waals surface area contributed by atoms with Crippen LogP contribution in [0.5, 0.6) is 0 Å². The Morgan fingerprint density at radius 1 is 1.15 bits per heavy atom. The number of hydrogen-bond acceptors (Lipinski definition) is 5. The highest BCUT2D eigenvalue weighted by molar-refractivity contribution is 6.31. The number of hydrogen-bond donors (Lipinski definition) is 0. The zero-order valence-corrected chi connectivity index (χ0v) is 14.8. The van der Waals surface area contributed by atoms with Crippen LogP contribution in [0.15, 0.2) is 52.4 Å². The highest BCUT2D eigenvalue weighted by Crippen LogP contribution is 2.25. The number of aryl methyl sites for hydroxylation is 2. The molecule has 0 saturated carbocycles. The minimum absolute atomic E-state index is 0.129. The van der Waals surface area contributed by atoms with E-state index in [1.54, 1.807) is 18.2 Å². The van der Waals surface area contributed by atoms with Crippen molar-refractivity contribution in [2.75, 3.05) is 0 Å². The van der Waals surface area contributed by atoms with Gasteiger partial charge in [0.05, 0.1) is 11.4 Å². The normalized spacial score (nSPS) is 14.6. The van der Waals surface area contributed by atoms with E-state index in [4.69, 9.17) is 16.4 Å². The molecule has 7 nitrogen and oxygen atoms in total. The number of tetrazole rings is 1. The van der Waals surface area contributed by atoms with Crippen LogP contribution in [0.3, 0.4) is 0 Å². The van der Waals surface area contributed by atoms with Crippen LogP contribution in [0.25, 0.3) is 5.69 Å². The molecule has 132 valence electrons. The summed E-state index contributed by atoms with van der Waals surface area (Å²) in [5.74, 6) is 0. The van der Waals surface area contributed by atoms with Crippen LogP contribution < -0.4 is 5.69 Å². The van der Waals surface area contributed by atoms with E-state index in [-0.39, 0.29) is 12.3 Å². The summed E-state index contributed by atoms with van der Waals surface area (Å²) in [7, 11) is 1.54. The third kappa shape index (κ3) is 2.90. The van der Waals surface area contributed by atoms with E-state index in [0.717, 1.165) is 28.8 Å². The zero-order chi connectivity index (χ0) is 18.1. The van der Waals surface area contributed by atoms with Gasteiger partial charge in [0.25, 0.3) is 0 Å². The van der Waals surface area contributed by atoms with Crippen molar-refractivity contribution >= 4 is 17.3 Å². The van der Waals surface area contributed by atoms with Gasteiger partial charge in [-0.25, -0.2) is 4.79 Å². The summed E-state index contributed by atoms with van der Waals surface area (Å²) in [5, 5.41) is 12.4. The summed E-state index contributed by atoms with van der Waals surface area (Å²) in [5.41, 5.74) is 4.13. The first-order valence-electron chi connectivity index (χ1n) is 8.19. The van der Waals surface area contributed by atoms with Crippen LogP contribution in [0, 0.1) is 0 Å². The standard InChI is InChI=1S/C18H16ClN5O2/c1-23-18(25)24(22-21-23)17-8-4-7-15(19)14(17)11-26-20-16-10-9-12-5-2-3-6-13(12)16/h2-8H,9-11H2,1H3. The quantitative estimate of drug-likeness (QED) is 0.662. The minimum atomic E-state index is -0.357. The van der Waals surface area contributed by atoms with Gasteiger partial charge in [-0.2, -0.15) is 9.36 Å². The van der Waals surface area contributed by atoms with Gasteiger partial charge >= 0.3 is 5.69 Å². The molecule has 4 rings (SSSR count). The molecule has 0 N–H and O–H groups in total. The Balaban J connectivity index is 1.61. The molecule has 8 heteroatoms. The van der Waals surface area contributed by atoms with Crippen LogP contribution in [0.2, 0.25) is 5.02 Å². The second-order valence-electron chi connectivity index (χ2n) is 6.00. The Morgan fingerprint density at radius 3 is 2.81 bits per heavy atom. The maximum absolute atomic E-state index is 12.1. The van der Waals surface area contributed by atoms with Crippen molar-refractivity contribution < 1.29 is 4.84 Å². The molecule has 0 radical (unpaired) electrons. The number of aromatic nitrogens is 4. The Labute approximate surface area is 154 Å². The summed E-state index contributed by atoms with van der Waals surface area (Å²) in [6, 6.07) is 13.4. The first-order chi connectivity index (χ1) is 12.6. The number of rotatable bonds is 4. The van der Waals surface area contributed by atoms with Crippen molar-refractivity contribution in [1.82, 2.24) is 19.8 Å². The molecule has 0 unspecified atom stereocenters. The van der Waals surface area contributed by atoms with E-state index < -0.39 is 0 Å². The summed E-state index contributed by atoms with van der Waals surface area (Å²) in [6.45, 7) is 0.129. The van der Waals surface area contributed by atoms with Crippen LogP contribution >= 0.6 is 11.6 Å². The number of fused-ring (bicyclic) bond motifs is 1. The van der Waals surface area contributed by atoms with Gasteiger partial charge in [0.15, 0.2) is 0 Å². The van der Waals surface area contributed by atoms with Gasteiger partial charge in [0.1, 0.15) is 6.61 Å². The van der Waals surface area contributed by atoms with Gasteiger partial charge in [-0.3, -0.25) is 0 Å². The second kappa shape index (κ2) is 6.76. The van der Waals surface area contributed by atoms with Gasteiger partial charge < -0.3 is 4.84 Å². The molecule has 1 aromatic heterocycles. The number of benzene rings is 2. The van der Waals surface area contributed by atoms with Crippen molar-refractivity contribution in [3.05, 3.63) is 74.7 Å². The average Bonchev–Trinajstić information content (AvgIpc) is 3.21. The van der Waals surface area contributed by atoms with Crippen molar-refractivity contribution in [2.45, 2.75) is 19.4 Å². The molecule has 1 aliphatic carbocycles. The summed E-state index contributed by atoms with van der Waals surface area (Å²) >= 11 is 6.32. The summed E-state index contributed by atoms with van der Waals surface area (Å²) in [4.78, 5) is 17.7. The van der Waals surface area contributed by atoms with Crippen LogP contribution in [0.1, 0.15) is 23.1 Å². The molecule has 0 aliphatic heterocycles. The lowest BCUT2D eigenvalue weighted by Gasteiger charge is -2.09. The van der Waals surface area contributed by atoms with Crippen LogP contribution in [-0.2, 0) is 24.9 Å². The molecule has 26 heavy (non-hydrogen) atoms. The van der Waals surface area contributed by atoms with E-state index >= 15 is 0 Å². The van der Waals surface area contributed by atoms with E-state index in [1.807, 2.05) is 18.2 Å². The lowest BCUT2D eigenvalue weighted by atomic mass is 10.1. The predicted octanol–water partition coefficient (Wildman–Crippen LogP) is 2.49. The molecular formula is C18H16ClN5O2. The Bertz CT molecular complexity index is 1050. The fourth-order valence-corrected chi connectivity index (χ4v) is 3.25. The first kappa shape index (κ1) is 16.5. The molecular weight excluding hydrogens is 354 g/mol. The van der Waals surface area contributed by atoms with Crippen molar-refractivity contribution in [2.24, 2.45) is 12.2 Å². The largest absolute Gasteiger partial charge is 0.391 e. The zero-order valence-electron chi connectivity index (χ0n) is 14.1. The van der Waals surface area contributed by atoms with Gasteiger partial charge in [-0.1, -0.05) is 47.1 Å². The van der Waals surface area contributed by atoms with E-state index in [9.17, 15) is 4.79 Å². The average molecular weight is 370 g/mol. The molecule has 3 aromatic rings. The topological polar surface area (TPSA) is 74.3 Å². The maximum Gasteiger partial charge on any atom is 0.368 e. The van der Waals surface area contributed by atoms with E-state index in [0.29, 0.717) is 16.3 Å². The fourth-order valence-electron chi connectivity index (χ4n) is 3.03. The Morgan fingerprint density at radius 2 is 2.00 bits per heavy atom. The number of nitrogens with zero attached hydrogens (tertiary/aromatic N) is 5. The third-order valence-corrected chi connectivity index (χ3v) is 4.74. The second-order valence-corrected chi connectivity index (χ2v) is 6.41. The SMILES string of the molecule is Cn1nnn(-c2cccc(Cl)c2CON=C2CCc3ccccc32)c1=O. The summed E-state index contributed by atoms with van der Waals surface area (Å²) in [6.07, 6.45) is 1.81. The van der Waals surface area contributed by atoms with Crippen molar-refractivity contribution in [3.8, 4) is 5.69 Å². The number of halogens is 1. The summed E-state index contributed by atoms with van der Waals surface area (Å²) < 4.78 is 2.35. The molecule has 1 heterocycles. The lowest BCUT2D eigenvalue weighted by Crippen LogP contribution is -2.23. The van der Waals surface area contributed by atoms with Gasteiger partial charge in [-0.05, 0) is 41.0 Å². The van der Waals surface area contributed by atoms with Crippen molar-refractivity contribution in [3.63, 3.8) is 0 Å². The molecule has 0 fully saturated rings. The molecule has 0 atom stereocenters. The Hall–Kier alpha value is -2.93. The fraction of sp³-hybridized carbons (Fsp3) is 0.222. The molecule has 0 amide bonds. The highest BCUT2D eigenvalue weighted by atomic mass is 35.5. The van der Waals surface area contributed by atoms with Crippen LogP contribution in [-0.4, -0.2) is 25.5 Å². The smallest absolute Gasteiger partial charge is 0.368 e. The van der Waals surface area contributed by atoms with Gasteiger partial charge in [-0.15, -0.1) is 0 Å². The predicted molar refractivity (Wildman–Crippen MR) is 97.7 cm³/mol. The Kier molecular flexibility index (Phi) is 4.30. The molecule has 0 bridgehead atoms. The van der Waals surface area contributed by atoms with Gasteiger partial charge in [0, 0.05) is 23.2 Å².